The van der Waals surface area contributed by atoms with Gasteiger partial charge in [-0.1, -0.05) is 68.4 Å². The summed E-state index contributed by atoms with van der Waals surface area (Å²) in [6.45, 7) is 12.3. The van der Waals surface area contributed by atoms with E-state index in [0.29, 0.717) is 23.6 Å². The number of rotatable bonds is 27. The standard InChI is InChI=1S/C52H63N8O12P/c1-34(2)29-54-51-56-48-45(49(61)57-51)55-32-58(48)50-47(67-33-66-30-37-15-21-41(22-16-37)60(62)63)46(71-72-73(69-28-12-27-53)59(35(3)4)36(5)6)44(70-50)31-68-52(38-13-10-9-11-14-38,39-17-23-42(64-7)24-18-39)40-19-25-43(65-8)26-20-40/h9-11,13-26,32,34-36,44,46-47,50H,12,28-31,33H2,1-8H3,(H2,54,56,57,61)/t44-,46-,47-,50-,73?/m1/s1. The maximum absolute atomic E-state index is 13.6. The normalized spacial score (nSPS) is 17.4. The lowest BCUT2D eigenvalue weighted by Gasteiger charge is -2.37. The molecule has 1 aliphatic heterocycles. The Hall–Kier alpha value is -6.37. The van der Waals surface area contributed by atoms with Gasteiger partial charge in [-0.15, -0.1) is 0 Å². The summed E-state index contributed by atoms with van der Waals surface area (Å²) < 4.78 is 54.7. The lowest BCUT2D eigenvalue weighted by Crippen LogP contribution is -2.42. The first-order chi connectivity index (χ1) is 35.3. The number of H-pyrrole nitrogens is 1. The number of methoxy groups -OCH3 is 2. The van der Waals surface area contributed by atoms with Crippen LogP contribution in [-0.4, -0.2) is 100 Å². The number of nitro groups is 1. The quantitative estimate of drug-likeness (QED) is 0.00932. The topological polar surface area (TPSA) is 229 Å². The molecule has 3 heterocycles. The molecule has 0 saturated carbocycles. The van der Waals surface area contributed by atoms with Gasteiger partial charge in [-0.3, -0.25) is 24.5 Å². The highest BCUT2D eigenvalue weighted by Crippen LogP contribution is 2.49. The van der Waals surface area contributed by atoms with Gasteiger partial charge in [0, 0.05) is 30.8 Å². The van der Waals surface area contributed by atoms with Crippen molar-refractivity contribution < 1.29 is 47.4 Å². The Morgan fingerprint density at radius 2 is 1.53 bits per heavy atom. The fourth-order valence-corrected chi connectivity index (χ4v) is 9.92. The molecule has 6 aromatic rings. The van der Waals surface area contributed by atoms with Crippen LogP contribution >= 0.6 is 8.53 Å². The van der Waals surface area contributed by atoms with Crippen LogP contribution in [0.25, 0.3) is 11.2 Å². The average Bonchev–Trinajstić information content (AvgIpc) is 3.97. The first-order valence-electron chi connectivity index (χ1n) is 24.0. The van der Waals surface area contributed by atoms with Gasteiger partial charge in [0.15, 0.2) is 23.5 Å². The van der Waals surface area contributed by atoms with Crippen LogP contribution in [0.3, 0.4) is 0 Å². The van der Waals surface area contributed by atoms with Gasteiger partial charge >= 0.3 is 0 Å². The summed E-state index contributed by atoms with van der Waals surface area (Å²) in [5, 5.41) is 24.0. The zero-order valence-electron chi connectivity index (χ0n) is 42.2. The fraction of sp³-hybridized carbons (Fsp3) is 0.423. The molecule has 21 heteroatoms. The number of aromatic nitrogens is 4. The molecule has 4 aromatic carbocycles. The fourth-order valence-electron chi connectivity index (χ4n) is 8.49. The number of aromatic amines is 1. The van der Waals surface area contributed by atoms with Crippen LogP contribution < -0.4 is 20.3 Å². The maximum Gasteiger partial charge on any atom is 0.292 e. The number of ether oxygens (including phenoxy) is 6. The van der Waals surface area contributed by atoms with E-state index in [0.717, 1.165) is 16.7 Å². The largest absolute Gasteiger partial charge is 0.497 e. The lowest BCUT2D eigenvalue weighted by molar-refractivity contribution is -0.384. The molecule has 2 aromatic heterocycles. The predicted octanol–water partition coefficient (Wildman–Crippen LogP) is 9.17. The van der Waals surface area contributed by atoms with Crippen LogP contribution in [0.4, 0.5) is 11.6 Å². The van der Waals surface area contributed by atoms with Gasteiger partial charge in [0.05, 0.1) is 57.8 Å². The van der Waals surface area contributed by atoms with E-state index in [9.17, 15) is 20.2 Å². The third-order valence-corrected chi connectivity index (χ3v) is 13.9. The van der Waals surface area contributed by atoms with Gasteiger partial charge in [-0.05, 0) is 92.3 Å². The highest BCUT2D eigenvalue weighted by molar-refractivity contribution is 7.44. The summed E-state index contributed by atoms with van der Waals surface area (Å²) in [7, 11) is 1.25. The second-order valence-electron chi connectivity index (χ2n) is 18.1. The second-order valence-corrected chi connectivity index (χ2v) is 19.4. The van der Waals surface area contributed by atoms with E-state index < -0.39 is 49.1 Å². The van der Waals surface area contributed by atoms with Gasteiger partial charge in [0.2, 0.25) is 5.95 Å². The zero-order chi connectivity index (χ0) is 52.1. The number of nitrogens with one attached hydrogen (secondary N) is 2. The zero-order valence-corrected chi connectivity index (χ0v) is 43.1. The molecule has 0 amide bonds. The molecule has 2 N–H and O–H groups in total. The van der Waals surface area contributed by atoms with Crippen LogP contribution in [0.2, 0.25) is 0 Å². The molecule has 0 spiro atoms. The van der Waals surface area contributed by atoms with Crippen LogP contribution in [0.15, 0.2) is 114 Å². The number of nitro benzene ring substituents is 1. The van der Waals surface area contributed by atoms with Gasteiger partial charge in [0.25, 0.3) is 19.8 Å². The van der Waals surface area contributed by atoms with E-state index in [-0.39, 0.29) is 73.8 Å². The Morgan fingerprint density at radius 1 is 0.904 bits per heavy atom. The number of nitrogens with zero attached hydrogens (tertiary/aromatic N) is 6. The molecule has 1 aliphatic rings. The van der Waals surface area contributed by atoms with Gasteiger partial charge in [-0.25, -0.2) is 14.5 Å². The van der Waals surface area contributed by atoms with Crippen LogP contribution in [0, 0.1) is 27.4 Å². The number of fused-ring (bicyclic) bond motifs is 1. The first kappa shape index (κ1) is 54.4. The number of benzene rings is 4. The van der Waals surface area contributed by atoms with Crippen LogP contribution in [0.1, 0.15) is 76.4 Å². The Balaban J connectivity index is 1.35. The van der Waals surface area contributed by atoms with E-state index in [1.807, 2.05) is 125 Å². The monoisotopic (exact) mass is 1020 g/mol. The second kappa shape index (κ2) is 25.5. The average molecular weight is 1020 g/mol. The third kappa shape index (κ3) is 13.1. The van der Waals surface area contributed by atoms with Crippen LogP contribution in [0.5, 0.6) is 11.5 Å². The van der Waals surface area contributed by atoms with Crippen molar-refractivity contribution >= 4 is 31.3 Å². The number of nitriles is 1. The lowest BCUT2D eigenvalue weighted by atomic mass is 9.80. The summed E-state index contributed by atoms with van der Waals surface area (Å²) in [5.74, 6) is 1.77. The molecule has 388 valence electrons. The van der Waals surface area contributed by atoms with Crippen LogP contribution in [-0.2, 0) is 45.2 Å². The number of hydrogen-bond acceptors (Lipinski definition) is 17. The Kier molecular flexibility index (Phi) is 19.0. The van der Waals surface area contributed by atoms with Crippen molar-refractivity contribution in [2.75, 3.05) is 46.1 Å². The van der Waals surface area contributed by atoms with Crippen molar-refractivity contribution in [2.45, 2.75) is 96.8 Å². The van der Waals surface area contributed by atoms with Crippen molar-refractivity contribution in [1.82, 2.24) is 24.2 Å². The van der Waals surface area contributed by atoms with E-state index in [4.69, 9.17) is 47.5 Å². The van der Waals surface area contributed by atoms with Crippen molar-refractivity contribution in [1.29, 1.82) is 5.26 Å². The predicted molar refractivity (Wildman–Crippen MR) is 272 cm³/mol. The Bertz CT molecular complexity index is 2740. The SMILES string of the molecule is COc1ccc(C(OC[C@H]2O[C@@H](n3cnc4c(=O)[nH]c(NCC(C)C)nc43)[C@H](OCOCc3ccc([N+](=O)[O-])cc3)[C@@H]2OOP(OCCC#N)N(C(C)C)C(C)C)(c2ccccc2)c2ccc(OC)cc2)cc1. The van der Waals surface area contributed by atoms with Crippen molar-refractivity contribution in [3.05, 3.63) is 152 Å². The molecule has 1 unspecified atom stereocenters. The molecule has 5 atom stereocenters. The Morgan fingerprint density at radius 3 is 2.11 bits per heavy atom. The number of non-ortho nitro benzene ring substituents is 1. The Labute approximate surface area is 425 Å². The first-order valence-corrected chi connectivity index (χ1v) is 25.1. The van der Waals surface area contributed by atoms with Gasteiger partial charge < -0.3 is 38.3 Å². The summed E-state index contributed by atoms with van der Waals surface area (Å²) in [5.41, 5.74) is 1.44. The molecule has 7 rings (SSSR count). The van der Waals surface area contributed by atoms with Gasteiger partial charge in [-0.2, -0.15) is 14.9 Å². The molecular weight excluding hydrogens is 960 g/mol. The number of hydrogen-bond donors (Lipinski definition) is 2. The molecule has 0 bridgehead atoms. The smallest absolute Gasteiger partial charge is 0.292 e. The third-order valence-electron chi connectivity index (χ3n) is 11.9. The summed E-state index contributed by atoms with van der Waals surface area (Å²) in [4.78, 5) is 43.2. The molecular formula is C52H63N8O12P. The molecule has 73 heavy (non-hydrogen) atoms. The molecule has 1 fully saturated rings. The maximum atomic E-state index is 13.6. The highest BCUT2D eigenvalue weighted by Gasteiger charge is 2.51. The number of anilines is 1. The molecule has 1 saturated heterocycles. The molecule has 0 radical (unpaired) electrons. The highest BCUT2D eigenvalue weighted by atomic mass is 31.2. The van der Waals surface area contributed by atoms with E-state index >= 15 is 0 Å². The van der Waals surface area contributed by atoms with Crippen molar-refractivity contribution in [2.24, 2.45) is 5.92 Å². The van der Waals surface area contributed by atoms with E-state index in [1.165, 1.54) is 18.5 Å². The summed E-state index contributed by atoms with van der Waals surface area (Å²) >= 11 is 0. The number of imidazole rings is 1. The van der Waals surface area contributed by atoms with E-state index in [1.54, 1.807) is 30.9 Å². The minimum absolute atomic E-state index is 0.0414. The van der Waals surface area contributed by atoms with E-state index in [2.05, 4.69) is 21.4 Å². The minimum atomic E-state index is -1.96. The minimum Gasteiger partial charge on any atom is -0.497 e. The van der Waals surface area contributed by atoms with Crippen molar-refractivity contribution in [3.8, 4) is 17.6 Å². The van der Waals surface area contributed by atoms with Crippen molar-refractivity contribution in [3.63, 3.8) is 0 Å². The molecule has 20 nitrogen and oxygen atoms in total. The summed E-state index contributed by atoms with van der Waals surface area (Å²) in [6.07, 6.45) is -2.76. The molecule has 0 aliphatic carbocycles. The van der Waals surface area contributed by atoms with Gasteiger partial charge in [0.1, 0.15) is 36.1 Å². The summed E-state index contributed by atoms with van der Waals surface area (Å²) in [6, 6.07) is 33.1.